The van der Waals surface area contributed by atoms with Gasteiger partial charge >= 0.3 is 12.3 Å². The summed E-state index contributed by atoms with van der Waals surface area (Å²) in [4.78, 5) is 10.7. The Morgan fingerprint density at radius 3 is 2.46 bits per heavy atom. The molecule has 6 heteroatoms. The zero-order valence-electron chi connectivity index (χ0n) is 6.14. The highest BCUT2D eigenvalue weighted by molar-refractivity contribution is 7.08. The minimum absolute atomic E-state index is 0.379. The van der Waals surface area contributed by atoms with Crippen LogP contribution in [0.4, 0.5) is 17.6 Å². The molecule has 0 N–H and O–H groups in total. The summed E-state index contributed by atoms with van der Waals surface area (Å²) in [6.07, 6.45) is -3.96. The van der Waals surface area contributed by atoms with Crippen molar-refractivity contribution in [3.05, 3.63) is 22.4 Å². The van der Waals surface area contributed by atoms with Crippen LogP contribution in [-0.4, -0.2) is 18.1 Å². The predicted molar refractivity (Wildman–Crippen MR) is 39.6 cm³/mol. The van der Waals surface area contributed by atoms with E-state index >= 15 is 0 Å². The second-order valence-electron chi connectivity index (χ2n) is 2.26. The van der Waals surface area contributed by atoms with Crippen LogP contribution in [0.25, 0.3) is 0 Å². The number of alkyl halides is 4. The molecule has 1 aromatic rings. The third kappa shape index (κ3) is 1.88. The van der Waals surface area contributed by atoms with Crippen LogP contribution in [0.3, 0.4) is 0 Å². The fraction of sp³-hybridized carbons (Fsp3) is 0.286. The lowest BCUT2D eigenvalue weighted by Crippen LogP contribution is -2.36. The number of Topliss-reactive ketones (excluding diaryl/α,β-unsaturated/α-hetero) is 1. The van der Waals surface area contributed by atoms with Gasteiger partial charge in [-0.25, -0.2) is 8.78 Å². The van der Waals surface area contributed by atoms with Crippen LogP contribution in [-0.2, 0) is 0 Å². The molecule has 1 aromatic heterocycles. The topological polar surface area (TPSA) is 17.1 Å². The average Bonchev–Trinajstić information content (AvgIpc) is 2.54. The summed E-state index contributed by atoms with van der Waals surface area (Å²) in [6, 6.07) is 1.09. The number of halogens is 4. The van der Waals surface area contributed by atoms with Gasteiger partial charge < -0.3 is 0 Å². The molecule has 0 fully saturated rings. The maximum absolute atomic E-state index is 12.4. The Labute approximate surface area is 75.0 Å². The van der Waals surface area contributed by atoms with Crippen molar-refractivity contribution in [1.82, 2.24) is 0 Å². The number of carbonyl (C=O) groups excluding carboxylic acids is 1. The van der Waals surface area contributed by atoms with Crippen molar-refractivity contribution in [3.63, 3.8) is 0 Å². The highest BCUT2D eigenvalue weighted by Crippen LogP contribution is 2.27. The summed E-state index contributed by atoms with van der Waals surface area (Å²) in [6.45, 7) is 0. The van der Waals surface area contributed by atoms with Gasteiger partial charge in [-0.2, -0.15) is 20.1 Å². The van der Waals surface area contributed by atoms with Crippen molar-refractivity contribution in [1.29, 1.82) is 0 Å². The Balaban J connectivity index is 2.91. The number of hydrogen-bond acceptors (Lipinski definition) is 2. The van der Waals surface area contributed by atoms with Crippen molar-refractivity contribution in [2.24, 2.45) is 0 Å². The molecular weight excluding hydrogens is 208 g/mol. The molecule has 0 aliphatic rings. The molecule has 0 aliphatic heterocycles. The van der Waals surface area contributed by atoms with Crippen LogP contribution in [0.2, 0.25) is 0 Å². The van der Waals surface area contributed by atoms with E-state index in [1.54, 1.807) is 0 Å². The second kappa shape index (κ2) is 3.45. The highest BCUT2D eigenvalue weighted by atomic mass is 32.1. The molecule has 1 heterocycles. The predicted octanol–water partition coefficient (Wildman–Crippen LogP) is 2.83. The van der Waals surface area contributed by atoms with Gasteiger partial charge in [-0.15, -0.1) is 0 Å². The van der Waals surface area contributed by atoms with Crippen molar-refractivity contribution < 1.29 is 22.4 Å². The molecule has 0 unspecified atom stereocenters. The fourth-order valence-electron chi connectivity index (χ4n) is 0.685. The van der Waals surface area contributed by atoms with E-state index in [0.717, 1.165) is 22.8 Å². The number of thiophene rings is 1. The Morgan fingerprint density at radius 2 is 2.08 bits per heavy atom. The van der Waals surface area contributed by atoms with E-state index in [-0.39, 0.29) is 5.56 Å². The maximum Gasteiger partial charge on any atom is 0.368 e. The molecule has 1 rings (SSSR count). The molecule has 72 valence electrons. The first-order valence-electron chi connectivity index (χ1n) is 3.19. The van der Waals surface area contributed by atoms with Crippen LogP contribution in [0.1, 0.15) is 10.4 Å². The molecule has 0 spiro atoms. The van der Waals surface area contributed by atoms with Gasteiger partial charge in [0.15, 0.2) is 0 Å². The Hall–Kier alpha value is -0.910. The monoisotopic (exact) mass is 212 g/mol. The first-order valence-corrected chi connectivity index (χ1v) is 4.13. The van der Waals surface area contributed by atoms with E-state index in [2.05, 4.69) is 0 Å². The molecule has 0 amide bonds. The summed E-state index contributed by atoms with van der Waals surface area (Å²) in [5.74, 6) is -6.41. The first-order chi connectivity index (χ1) is 5.96. The van der Waals surface area contributed by atoms with Crippen LogP contribution >= 0.6 is 11.3 Å². The van der Waals surface area contributed by atoms with Gasteiger partial charge in [0.1, 0.15) is 0 Å². The molecular formula is C7H4F4OS. The zero-order chi connectivity index (χ0) is 10.1. The lowest BCUT2D eigenvalue weighted by Gasteiger charge is -2.12. The third-order valence-electron chi connectivity index (χ3n) is 1.36. The van der Waals surface area contributed by atoms with Crippen molar-refractivity contribution in [2.45, 2.75) is 12.3 Å². The van der Waals surface area contributed by atoms with Gasteiger partial charge in [0.05, 0.1) is 0 Å². The molecule has 0 radical (unpaired) electrons. The van der Waals surface area contributed by atoms with E-state index in [9.17, 15) is 22.4 Å². The van der Waals surface area contributed by atoms with Gasteiger partial charge in [-0.05, 0) is 11.4 Å². The maximum atomic E-state index is 12.4. The van der Waals surface area contributed by atoms with Gasteiger partial charge in [0.25, 0.3) is 0 Å². The van der Waals surface area contributed by atoms with Crippen LogP contribution in [0, 0.1) is 0 Å². The van der Waals surface area contributed by atoms with Crippen LogP contribution in [0.15, 0.2) is 16.8 Å². The summed E-state index contributed by atoms with van der Waals surface area (Å²) >= 11 is 0.997. The standard InChI is InChI=1S/C7H4F4OS/c8-6(9)7(10,11)5(12)4-1-2-13-3-4/h1-3,6H. The Kier molecular flexibility index (Phi) is 2.70. The van der Waals surface area contributed by atoms with E-state index < -0.39 is 18.1 Å². The molecule has 0 aliphatic carbocycles. The van der Waals surface area contributed by atoms with Crippen LogP contribution < -0.4 is 0 Å². The average molecular weight is 212 g/mol. The van der Waals surface area contributed by atoms with E-state index in [0.29, 0.717) is 0 Å². The Morgan fingerprint density at radius 1 is 1.46 bits per heavy atom. The lowest BCUT2D eigenvalue weighted by molar-refractivity contribution is -0.0957. The van der Waals surface area contributed by atoms with Crippen LogP contribution in [0.5, 0.6) is 0 Å². The summed E-state index contributed by atoms with van der Waals surface area (Å²) in [5.41, 5.74) is -0.379. The van der Waals surface area contributed by atoms with Gasteiger partial charge in [-0.1, -0.05) is 0 Å². The fourth-order valence-corrected chi connectivity index (χ4v) is 1.32. The van der Waals surface area contributed by atoms with Crippen molar-refractivity contribution in [2.75, 3.05) is 0 Å². The summed E-state index contributed by atoms with van der Waals surface area (Å²) in [7, 11) is 0. The molecule has 0 atom stereocenters. The van der Waals surface area contributed by atoms with Gasteiger partial charge in [0, 0.05) is 10.9 Å². The minimum Gasteiger partial charge on any atom is -0.287 e. The van der Waals surface area contributed by atoms with Crippen molar-refractivity contribution >= 4 is 17.1 Å². The highest BCUT2D eigenvalue weighted by Gasteiger charge is 2.49. The van der Waals surface area contributed by atoms with Gasteiger partial charge in [0.2, 0.25) is 5.78 Å². The number of rotatable bonds is 3. The summed E-state index contributed by atoms with van der Waals surface area (Å²) < 4.78 is 48.2. The molecule has 0 saturated carbocycles. The number of carbonyl (C=O) groups is 1. The minimum atomic E-state index is -4.58. The normalized spacial score (nSPS) is 12.1. The van der Waals surface area contributed by atoms with E-state index in [4.69, 9.17) is 0 Å². The molecule has 0 saturated heterocycles. The van der Waals surface area contributed by atoms with Crippen molar-refractivity contribution in [3.8, 4) is 0 Å². The summed E-state index contributed by atoms with van der Waals surface area (Å²) in [5, 5.41) is 2.48. The Bertz CT molecular complexity index is 293. The third-order valence-corrected chi connectivity index (χ3v) is 2.04. The number of ketones is 1. The molecule has 0 bridgehead atoms. The zero-order valence-corrected chi connectivity index (χ0v) is 6.95. The largest absolute Gasteiger partial charge is 0.368 e. The second-order valence-corrected chi connectivity index (χ2v) is 3.04. The van der Waals surface area contributed by atoms with E-state index in [1.165, 1.54) is 5.38 Å². The molecule has 13 heavy (non-hydrogen) atoms. The quantitative estimate of drug-likeness (QED) is 0.556. The number of hydrogen-bond donors (Lipinski definition) is 0. The van der Waals surface area contributed by atoms with Gasteiger partial charge in [-0.3, -0.25) is 4.79 Å². The molecule has 1 nitrogen and oxygen atoms in total. The first kappa shape index (κ1) is 10.2. The smallest absolute Gasteiger partial charge is 0.287 e. The lowest BCUT2D eigenvalue weighted by atomic mass is 10.1. The van der Waals surface area contributed by atoms with E-state index in [1.807, 2.05) is 0 Å². The SMILES string of the molecule is O=C(c1ccsc1)C(F)(F)C(F)F. The molecule has 0 aromatic carbocycles.